The highest BCUT2D eigenvalue weighted by atomic mass is 32.1. The van der Waals surface area contributed by atoms with Crippen LogP contribution in [0.4, 0.5) is 5.95 Å². The molecule has 2 amide bonds. The molecule has 2 aliphatic rings. The van der Waals surface area contributed by atoms with Crippen molar-refractivity contribution in [2.45, 2.75) is 6.42 Å². The second-order valence-electron chi connectivity index (χ2n) is 9.15. The molecule has 0 saturated carbocycles. The smallest absolute Gasteiger partial charge is 0.261 e. The van der Waals surface area contributed by atoms with Gasteiger partial charge in [0.25, 0.3) is 11.8 Å². The Hall–Kier alpha value is -3.56. The average Bonchev–Trinajstić information content (AvgIpc) is 3.57. The van der Waals surface area contributed by atoms with Gasteiger partial charge in [-0.3, -0.25) is 14.9 Å². The number of amides is 2. The van der Waals surface area contributed by atoms with E-state index in [-0.39, 0.29) is 0 Å². The number of benzene rings is 1. The number of nitrogens with zero attached hydrogens (tertiary/aromatic N) is 4. The Bertz CT molecular complexity index is 1480. The number of carbonyl (C=O) groups is 2. The van der Waals surface area contributed by atoms with Crippen molar-refractivity contribution < 1.29 is 9.59 Å². The molecule has 6 rings (SSSR count). The van der Waals surface area contributed by atoms with E-state index in [0.717, 1.165) is 47.2 Å². The number of H-pyrrole nitrogens is 1. The van der Waals surface area contributed by atoms with Gasteiger partial charge in [-0.1, -0.05) is 18.2 Å². The van der Waals surface area contributed by atoms with Gasteiger partial charge in [0.05, 0.1) is 22.4 Å². The second-order valence-corrected chi connectivity index (χ2v) is 10.1. The Morgan fingerprint density at radius 1 is 1.09 bits per heavy atom. The summed E-state index contributed by atoms with van der Waals surface area (Å²) in [5.74, 6) is 0.310. The molecule has 9 heteroatoms. The van der Waals surface area contributed by atoms with Gasteiger partial charge in [0.15, 0.2) is 0 Å². The maximum Gasteiger partial charge on any atom is 0.261 e. The summed E-state index contributed by atoms with van der Waals surface area (Å²) in [7, 11) is 4.17. The summed E-state index contributed by atoms with van der Waals surface area (Å²) < 4.78 is 0. The number of aromatic nitrogens is 3. The predicted molar refractivity (Wildman–Crippen MR) is 135 cm³/mol. The van der Waals surface area contributed by atoms with Crippen LogP contribution >= 0.6 is 11.3 Å². The van der Waals surface area contributed by atoms with Crippen LogP contribution in [0.15, 0.2) is 41.9 Å². The number of nitrogens with one attached hydrogen (secondary N) is 2. The number of rotatable bonds is 5. The first-order chi connectivity index (χ1) is 16.5. The number of carbonyl (C=O) groups excluding carboxylic acids is 2. The van der Waals surface area contributed by atoms with Crippen LogP contribution in [0.2, 0.25) is 0 Å². The van der Waals surface area contributed by atoms with Gasteiger partial charge in [-0.2, -0.15) is 0 Å². The van der Waals surface area contributed by atoms with Crippen molar-refractivity contribution in [2.75, 3.05) is 38.6 Å². The molecule has 0 spiro atoms. The van der Waals surface area contributed by atoms with E-state index >= 15 is 0 Å². The lowest BCUT2D eigenvalue weighted by atomic mass is 9.97. The Labute approximate surface area is 200 Å². The van der Waals surface area contributed by atoms with Gasteiger partial charge in [-0.05, 0) is 43.9 Å². The predicted octanol–water partition coefficient (Wildman–Crippen LogP) is 3.13. The molecule has 1 saturated heterocycles. The van der Waals surface area contributed by atoms with Crippen LogP contribution in [-0.2, 0) is 9.59 Å². The molecule has 2 N–H and O–H groups in total. The number of hydrogen-bond donors (Lipinski definition) is 2. The fourth-order valence-corrected chi connectivity index (χ4v) is 5.84. The van der Waals surface area contributed by atoms with Gasteiger partial charge in [-0.15, -0.1) is 11.3 Å². The summed E-state index contributed by atoms with van der Waals surface area (Å²) in [5.41, 5.74) is 2.63. The van der Waals surface area contributed by atoms with Crippen LogP contribution < -0.4 is 10.2 Å². The summed E-state index contributed by atoms with van der Waals surface area (Å²) in [4.78, 5) is 44.5. The summed E-state index contributed by atoms with van der Waals surface area (Å²) in [6.45, 7) is 2.73. The molecule has 1 unspecified atom stereocenters. The third kappa shape index (κ3) is 3.39. The highest BCUT2D eigenvalue weighted by Crippen LogP contribution is 2.38. The third-order valence-electron chi connectivity index (χ3n) is 6.52. The molecule has 0 radical (unpaired) electrons. The first-order valence-electron chi connectivity index (χ1n) is 11.3. The Kier molecular flexibility index (Phi) is 4.96. The first-order valence-corrected chi connectivity index (χ1v) is 12.2. The summed E-state index contributed by atoms with van der Waals surface area (Å²) in [6, 6.07) is 9.63. The minimum atomic E-state index is -0.425. The van der Waals surface area contributed by atoms with Crippen molar-refractivity contribution >= 4 is 61.4 Å². The molecule has 5 heterocycles. The monoisotopic (exact) mass is 472 g/mol. The molecule has 8 nitrogen and oxygen atoms in total. The van der Waals surface area contributed by atoms with E-state index in [9.17, 15) is 9.59 Å². The zero-order valence-corrected chi connectivity index (χ0v) is 19.8. The van der Waals surface area contributed by atoms with Gasteiger partial charge >= 0.3 is 0 Å². The normalized spacial score (nSPS) is 18.8. The van der Waals surface area contributed by atoms with Crippen molar-refractivity contribution in [3.63, 3.8) is 0 Å². The van der Waals surface area contributed by atoms with Crippen molar-refractivity contribution in [3.05, 3.63) is 53.2 Å². The topological polar surface area (TPSA) is 94.2 Å². The zero-order valence-electron chi connectivity index (χ0n) is 19.0. The lowest BCUT2D eigenvalue weighted by Gasteiger charge is -2.20. The SMILES string of the molecule is CN(C)CC1CCN(c2nc(C3=C(c4c[nH]c5sccc45)C(=O)NC3=O)c3ccccc3n2)C1. The molecule has 0 aliphatic carbocycles. The number of imide groups is 1. The van der Waals surface area contributed by atoms with Crippen LogP contribution in [0.1, 0.15) is 17.7 Å². The Morgan fingerprint density at radius 2 is 1.91 bits per heavy atom. The number of hydrogen-bond acceptors (Lipinski definition) is 7. The van der Waals surface area contributed by atoms with E-state index in [1.54, 1.807) is 17.5 Å². The van der Waals surface area contributed by atoms with E-state index in [2.05, 4.69) is 34.2 Å². The molecule has 1 aromatic carbocycles. The van der Waals surface area contributed by atoms with Crippen LogP contribution in [0.3, 0.4) is 0 Å². The van der Waals surface area contributed by atoms with Gasteiger partial charge in [0, 0.05) is 42.2 Å². The quantitative estimate of drug-likeness (QED) is 0.434. The van der Waals surface area contributed by atoms with Crippen LogP contribution in [-0.4, -0.2) is 65.4 Å². The van der Waals surface area contributed by atoms with Crippen molar-refractivity contribution in [1.82, 2.24) is 25.2 Å². The van der Waals surface area contributed by atoms with Gasteiger partial charge in [-0.25, -0.2) is 9.97 Å². The number of anilines is 1. The average molecular weight is 473 g/mol. The zero-order chi connectivity index (χ0) is 23.4. The van der Waals surface area contributed by atoms with Crippen molar-refractivity contribution in [3.8, 4) is 0 Å². The van der Waals surface area contributed by atoms with Crippen molar-refractivity contribution in [1.29, 1.82) is 0 Å². The maximum atomic E-state index is 13.1. The fourth-order valence-electron chi connectivity index (χ4n) is 5.07. The van der Waals surface area contributed by atoms with Gasteiger partial charge < -0.3 is 14.8 Å². The third-order valence-corrected chi connectivity index (χ3v) is 7.37. The highest BCUT2D eigenvalue weighted by Gasteiger charge is 2.36. The van der Waals surface area contributed by atoms with E-state index < -0.39 is 11.8 Å². The van der Waals surface area contributed by atoms with E-state index in [0.29, 0.717) is 34.3 Å². The molecule has 1 fully saturated rings. The van der Waals surface area contributed by atoms with E-state index in [4.69, 9.17) is 9.97 Å². The highest BCUT2D eigenvalue weighted by molar-refractivity contribution is 7.16. The lowest BCUT2D eigenvalue weighted by Crippen LogP contribution is -2.27. The molecule has 0 bridgehead atoms. The number of thiophene rings is 1. The minimum absolute atomic E-state index is 0.306. The molecule has 3 aromatic heterocycles. The summed E-state index contributed by atoms with van der Waals surface area (Å²) in [6.07, 6.45) is 2.86. The molecule has 172 valence electrons. The minimum Gasteiger partial charge on any atom is -0.352 e. The molecule has 4 aromatic rings. The Balaban J connectivity index is 1.53. The molecular weight excluding hydrogens is 448 g/mol. The summed E-state index contributed by atoms with van der Waals surface area (Å²) in [5, 5.41) is 6.15. The number of para-hydroxylation sites is 1. The van der Waals surface area contributed by atoms with Crippen LogP contribution in [0, 0.1) is 5.92 Å². The van der Waals surface area contributed by atoms with E-state index in [1.165, 1.54) is 0 Å². The second kappa shape index (κ2) is 8.03. The Morgan fingerprint density at radius 3 is 2.76 bits per heavy atom. The maximum absolute atomic E-state index is 13.1. The molecular formula is C25H24N6O2S. The number of fused-ring (bicyclic) bond motifs is 2. The summed E-state index contributed by atoms with van der Waals surface area (Å²) >= 11 is 1.56. The van der Waals surface area contributed by atoms with Gasteiger partial charge in [0.2, 0.25) is 5.95 Å². The fraction of sp³-hybridized carbons (Fsp3) is 0.280. The first kappa shape index (κ1) is 21.0. The standard InChI is InChI=1S/C25H24N6O2S/c1-30(2)12-14-7-9-31(13-14)25-27-18-6-4-3-5-16(18)21(28-25)20-19(22(32)29-23(20)33)17-11-26-24-15(17)8-10-34-24/h3-6,8,10-11,14,26H,7,9,12-13H2,1-2H3,(H,29,32,33). The molecule has 1 atom stereocenters. The lowest BCUT2D eigenvalue weighted by molar-refractivity contribution is -0.122. The van der Waals surface area contributed by atoms with E-state index in [1.807, 2.05) is 35.7 Å². The van der Waals surface area contributed by atoms with Crippen LogP contribution in [0.25, 0.3) is 32.3 Å². The molecule has 34 heavy (non-hydrogen) atoms. The van der Waals surface area contributed by atoms with Crippen LogP contribution in [0.5, 0.6) is 0 Å². The molecule has 2 aliphatic heterocycles. The van der Waals surface area contributed by atoms with Gasteiger partial charge in [0.1, 0.15) is 4.83 Å². The largest absolute Gasteiger partial charge is 0.352 e. The van der Waals surface area contributed by atoms with Crippen molar-refractivity contribution in [2.24, 2.45) is 5.92 Å². The number of aromatic amines is 1.